The van der Waals surface area contributed by atoms with Crippen molar-refractivity contribution in [3.63, 3.8) is 0 Å². The summed E-state index contributed by atoms with van der Waals surface area (Å²) >= 11 is 1.13. The fraction of sp³-hybridized carbons (Fsp3) is 0.308. The maximum Gasteiger partial charge on any atom is 0.331 e. The highest BCUT2D eigenvalue weighted by Gasteiger charge is 2.25. The van der Waals surface area contributed by atoms with Crippen LogP contribution in [-0.4, -0.2) is 47.1 Å². The number of sulfonamides is 1. The summed E-state index contributed by atoms with van der Waals surface area (Å²) in [6.07, 6.45) is 3.50. The van der Waals surface area contributed by atoms with Crippen molar-refractivity contribution >= 4 is 27.3 Å². The number of carbonyl (C=O) groups excluding carboxylic acids is 1. The Morgan fingerprint density at radius 2 is 1.87 bits per heavy atom. The third kappa shape index (κ3) is 7.03. The van der Waals surface area contributed by atoms with Gasteiger partial charge in [0.05, 0.1) is 36.1 Å². The molecule has 12 heteroatoms. The lowest BCUT2D eigenvalue weighted by atomic mass is 10.1. The lowest BCUT2D eigenvalue weighted by molar-refractivity contribution is -0.144. The van der Waals surface area contributed by atoms with Crippen LogP contribution in [0.25, 0.3) is 10.6 Å². The van der Waals surface area contributed by atoms with E-state index < -0.39 is 22.0 Å². The van der Waals surface area contributed by atoms with Crippen LogP contribution in [0.15, 0.2) is 71.2 Å². The monoisotopic (exact) mass is 555 g/mol. The van der Waals surface area contributed by atoms with Gasteiger partial charge >= 0.3 is 5.97 Å². The zero-order valence-corrected chi connectivity index (χ0v) is 23.1. The van der Waals surface area contributed by atoms with Crippen molar-refractivity contribution in [2.75, 3.05) is 7.11 Å². The van der Waals surface area contributed by atoms with E-state index in [4.69, 9.17) is 9.47 Å². The van der Waals surface area contributed by atoms with E-state index in [-0.39, 0.29) is 16.4 Å². The van der Waals surface area contributed by atoms with Crippen LogP contribution in [0.1, 0.15) is 38.1 Å². The lowest BCUT2D eigenvalue weighted by Gasteiger charge is -2.21. The molecule has 0 amide bonds. The molecular formula is C26H29N5O5S2. The second kappa shape index (κ2) is 11.4. The van der Waals surface area contributed by atoms with Crippen LogP contribution < -0.4 is 9.46 Å². The molecule has 0 bridgehead atoms. The van der Waals surface area contributed by atoms with Crippen LogP contribution in [0, 0.1) is 0 Å². The summed E-state index contributed by atoms with van der Waals surface area (Å²) in [5.41, 5.74) is 1.62. The first-order valence-electron chi connectivity index (χ1n) is 11.8. The molecule has 3 aromatic heterocycles. The van der Waals surface area contributed by atoms with E-state index in [2.05, 4.69) is 20.0 Å². The second-order valence-electron chi connectivity index (χ2n) is 9.45. The van der Waals surface area contributed by atoms with Crippen LogP contribution >= 0.6 is 11.3 Å². The van der Waals surface area contributed by atoms with E-state index in [9.17, 15) is 13.2 Å². The Bertz CT molecular complexity index is 1480. The number of thiophene rings is 1. The minimum atomic E-state index is -3.78. The fourth-order valence-corrected chi connectivity index (χ4v) is 5.92. The topological polar surface area (TPSA) is 125 Å². The number of rotatable bonds is 10. The van der Waals surface area contributed by atoms with Gasteiger partial charge < -0.3 is 9.47 Å². The van der Waals surface area contributed by atoms with Gasteiger partial charge in [-0.15, -0.1) is 16.4 Å². The Hall–Kier alpha value is -3.61. The molecule has 0 aliphatic rings. The molecule has 0 aliphatic carbocycles. The molecule has 0 spiro atoms. The van der Waals surface area contributed by atoms with Crippen LogP contribution in [0.2, 0.25) is 0 Å². The molecule has 1 atom stereocenters. The number of esters is 1. The number of methoxy groups -OCH3 is 1. The molecule has 38 heavy (non-hydrogen) atoms. The zero-order valence-electron chi connectivity index (χ0n) is 21.5. The molecule has 10 nitrogen and oxygen atoms in total. The van der Waals surface area contributed by atoms with Crippen molar-refractivity contribution < 1.29 is 22.7 Å². The molecule has 1 aromatic carbocycles. The van der Waals surface area contributed by atoms with E-state index in [0.29, 0.717) is 17.8 Å². The minimum absolute atomic E-state index is 0.0914. The van der Waals surface area contributed by atoms with E-state index in [1.807, 2.05) is 57.2 Å². The Morgan fingerprint density at radius 1 is 1.11 bits per heavy atom. The van der Waals surface area contributed by atoms with Gasteiger partial charge in [0, 0.05) is 12.6 Å². The van der Waals surface area contributed by atoms with Crippen molar-refractivity contribution in [2.45, 2.75) is 49.6 Å². The zero-order chi connectivity index (χ0) is 27.3. The SMILES string of the molecule is COC(=O)[C@H](Cc1ccc(OC(C)(C)C)cc1)n1cc(CNS(=O)(=O)c2ccc(-c3ccccn3)s2)nn1. The number of nitrogens with zero attached hydrogens (tertiary/aromatic N) is 4. The summed E-state index contributed by atoms with van der Waals surface area (Å²) in [6, 6.07) is 15.4. The van der Waals surface area contributed by atoms with Crippen molar-refractivity contribution in [1.29, 1.82) is 0 Å². The van der Waals surface area contributed by atoms with Gasteiger partial charge in [0.1, 0.15) is 15.6 Å². The number of hydrogen-bond donors (Lipinski definition) is 1. The quantitative estimate of drug-likeness (QED) is 0.291. The fourth-order valence-electron chi connectivity index (χ4n) is 3.59. The number of hydrogen-bond acceptors (Lipinski definition) is 9. The van der Waals surface area contributed by atoms with E-state index in [1.165, 1.54) is 18.0 Å². The molecule has 3 heterocycles. The van der Waals surface area contributed by atoms with Gasteiger partial charge in [-0.1, -0.05) is 23.4 Å². The Morgan fingerprint density at radius 3 is 2.53 bits per heavy atom. The maximum atomic E-state index is 12.8. The molecule has 0 fully saturated rings. The summed E-state index contributed by atoms with van der Waals surface area (Å²) in [7, 11) is -2.48. The van der Waals surface area contributed by atoms with Gasteiger partial charge in [0.15, 0.2) is 6.04 Å². The maximum absolute atomic E-state index is 12.8. The van der Waals surface area contributed by atoms with Crippen LogP contribution in [0.5, 0.6) is 5.75 Å². The molecule has 200 valence electrons. The first-order chi connectivity index (χ1) is 18.0. The molecule has 0 radical (unpaired) electrons. The molecule has 4 rings (SSSR count). The molecule has 0 saturated carbocycles. The summed E-state index contributed by atoms with van der Waals surface area (Å²) in [4.78, 5) is 17.6. The highest BCUT2D eigenvalue weighted by molar-refractivity contribution is 7.91. The van der Waals surface area contributed by atoms with E-state index >= 15 is 0 Å². The molecule has 4 aromatic rings. The molecule has 1 N–H and O–H groups in total. The minimum Gasteiger partial charge on any atom is -0.488 e. The second-order valence-corrected chi connectivity index (χ2v) is 12.5. The highest BCUT2D eigenvalue weighted by Crippen LogP contribution is 2.29. The van der Waals surface area contributed by atoms with Gasteiger partial charge in [0.25, 0.3) is 0 Å². The average Bonchev–Trinajstić information content (AvgIpc) is 3.57. The molecule has 0 unspecified atom stereocenters. The van der Waals surface area contributed by atoms with Gasteiger partial charge in [0.2, 0.25) is 10.0 Å². The van der Waals surface area contributed by atoms with Crippen LogP contribution in [0.3, 0.4) is 0 Å². The van der Waals surface area contributed by atoms with Crippen molar-refractivity contribution in [3.05, 3.63) is 78.2 Å². The Labute approximate surface area is 225 Å². The summed E-state index contributed by atoms with van der Waals surface area (Å²) < 4.78 is 40.6. The number of carbonyl (C=O) groups is 1. The van der Waals surface area contributed by atoms with Crippen molar-refractivity contribution in [3.8, 4) is 16.3 Å². The largest absolute Gasteiger partial charge is 0.488 e. The number of nitrogens with one attached hydrogen (secondary N) is 1. The smallest absolute Gasteiger partial charge is 0.331 e. The number of pyridine rings is 1. The average molecular weight is 556 g/mol. The number of benzene rings is 1. The van der Waals surface area contributed by atoms with Crippen molar-refractivity contribution in [1.82, 2.24) is 24.7 Å². The van der Waals surface area contributed by atoms with Gasteiger partial charge in [-0.25, -0.2) is 22.6 Å². The molecule has 0 saturated heterocycles. The number of ether oxygens (including phenoxy) is 2. The predicted molar refractivity (Wildman–Crippen MR) is 143 cm³/mol. The lowest BCUT2D eigenvalue weighted by Crippen LogP contribution is -2.24. The molecule has 0 aliphatic heterocycles. The predicted octanol–water partition coefficient (Wildman–Crippen LogP) is 4.01. The van der Waals surface area contributed by atoms with E-state index in [0.717, 1.165) is 27.5 Å². The van der Waals surface area contributed by atoms with Gasteiger partial charge in [-0.3, -0.25) is 4.98 Å². The highest BCUT2D eigenvalue weighted by atomic mass is 32.2. The molecular weight excluding hydrogens is 526 g/mol. The summed E-state index contributed by atoms with van der Waals surface area (Å²) in [5.74, 6) is 0.238. The van der Waals surface area contributed by atoms with Crippen LogP contribution in [-0.2, 0) is 32.5 Å². The van der Waals surface area contributed by atoms with Crippen molar-refractivity contribution in [2.24, 2.45) is 0 Å². The van der Waals surface area contributed by atoms with Gasteiger partial charge in [-0.2, -0.15) is 0 Å². The summed E-state index contributed by atoms with van der Waals surface area (Å²) in [5, 5.41) is 8.12. The Balaban J connectivity index is 1.43. The summed E-state index contributed by atoms with van der Waals surface area (Å²) in [6.45, 7) is 5.81. The van der Waals surface area contributed by atoms with Crippen LogP contribution in [0.4, 0.5) is 0 Å². The first kappa shape index (κ1) is 27.4. The van der Waals surface area contributed by atoms with Gasteiger partial charge in [-0.05, 0) is 62.7 Å². The Kier molecular flexibility index (Phi) is 8.24. The standard InChI is InChI=1S/C26H29N5O5S2/c1-26(2,3)36-20-10-8-18(9-11-20)15-22(25(32)35-4)31-17-19(29-30-31)16-28-38(33,34)24-13-12-23(37-24)21-7-5-6-14-27-21/h5-14,17,22,28H,15-16H2,1-4H3/t22-/m0/s1. The third-order valence-corrected chi connectivity index (χ3v) is 8.33. The first-order valence-corrected chi connectivity index (χ1v) is 14.1. The third-order valence-electron chi connectivity index (χ3n) is 5.33. The van der Waals surface area contributed by atoms with E-state index in [1.54, 1.807) is 24.4 Å². The number of aromatic nitrogens is 4. The normalized spacial score (nSPS) is 12.7.